The Hall–Kier alpha value is -2.70. The summed E-state index contributed by atoms with van der Waals surface area (Å²) in [4.78, 5) is 28.2. The zero-order valence-corrected chi connectivity index (χ0v) is 13.8. The molecule has 0 bridgehead atoms. The van der Waals surface area contributed by atoms with Crippen LogP contribution in [-0.4, -0.2) is 27.8 Å². The first-order valence-corrected chi connectivity index (χ1v) is 7.89. The average Bonchev–Trinajstić information content (AvgIpc) is 2.60. The normalized spacial score (nSPS) is 16.3. The van der Waals surface area contributed by atoms with Gasteiger partial charge in [0, 0.05) is 37.8 Å². The topological polar surface area (TPSA) is 86.1 Å². The molecule has 2 heterocycles. The predicted molar refractivity (Wildman–Crippen MR) is 87.6 cm³/mol. The quantitative estimate of drug-likeness (QED) is 0.888. The summed E-state index contributed by atoms with van der Waals surface area (Å²) in [6, 6.07) is 5.23. The van der Waals surface area contributed by atoms with Gasteiger partial charge in [0.05, 0.1) is 12.8 Å². The van der Waals surface area contributed by atoms with Crippen LogP contribution < -0.4 is 15.6 Å². The van der Waals surface area contributed by atoms with Crippen molar-refractivity contribution in [3.05, 3.63) is 51.6 Å². The third kappa shape index (κ3) is 3.45. The lowest BCUT2D eigenvalue weighted by Gasteiger charge is -2.23. The molecule has 24 heavy (non-hydrogen) atoms. The van der Waals surface area contributed by atoms with Gasteiger partial charge in [0.15, 0.2) is 0 Å². The second kappa shape index (κ2) is 6.82. The molecule has 1 aliphatic rings. The fourth-order valence-electron chi connectivity index (χ4n) is 2.92. The Labute approximate surface area is 139 Å². The number of pyridine rings is 1. The van der Waals surface area contributed by atoms with Crippen LogP contribution in [0.4, 0.5) is 0 Å². The van der Waals surface area contributed by atoms with E-state index in [1.807, 2.05) is 6.07 Å². The van der Waals surface area contributed by atoms with Crippen LogP contribution in [0, 0.1) is 5.92 Å². The van der Waals surface area contributed by atoms with Gasteiger partial charge < -0.3 is 10.1 Å². The molecule has 0 saturated heterocycles. The van der Waals surface area contributed by atoms with Crippen molar-refractivity contribution >= 4 is 5.91 Å². The predicted octanol–water partition coefficient (Wildman–Crippen LogP) is 0.605. The van der Waals surface area contributed by atoms with Crippen molar-refractivity contribution in [1.29, 1.82) is 0 Å². The van der Waals surface area contributed by atoms with Crippen molar-refractivity contribution in [2.45, 2.75) is 25.8 Å². The van der Waals surface area contributed by atoms with Gasteiger partial charge in [0.25, 0.3) is 5.56 Å². The first-order valence-electron chi connectivity index (χ1n) is 7.89. The van der Waals surface area contributed by atoms with Crippen LogP contribution >= 0.6 is 0 Å². The second-order valence-corrected chi connectivity index (χ2v) is 5.94. The number of hydrogen-bond acceptors (Lipinski definition) is 5. The van der Waals surface area contributed by atoms with Crippen molar-refractivity contribution in [1.82, 2.24) is 20.1 Å². The van der Waals surface area contributed by atoms with Gasteiger partial charge in [-0.1, -0.05) is 0 Å². The summed E-state index contributed by atoms with van der Waals surface area (Å²) in [5, 5.41) is 7.22. The Morgan fingerprint density at radius 3 is 3.08 bits per heavy atom. The highest BCUT2D eigenvalue weighted by Crippen LogP contribution is 2.23. The number of methoxy groups -OCH3 is 1. The number of aromatic nitrogens is 3. The molecule has 2 aromatic rings. The van der Waals surface area contributed by atoms with E-state index in [0.717, 1.165) is 23.2 Å². The number of carbonyl (C=O) groups excluding carboxylic acids is 1. The van der Waals surface area contributed by atoms with Gasteiger partial charge in [-0.05, 0) is 36.5 Å². The first kappa shape index (κ1) is 16.2. The Bertz CT molecular complexity index is 816. The summed E-state index contributed by atoms with van der Waals surface area (Å²) >= 11 is 0. The van der Waals surface area contributed by atoms with E-state index in [1.165, 1.54) is 4.68 Å². The lowest BCUT2D eigenvalue weighted by molar-refractivity contribution is -0.125. The summed E-state index contributed by atoms with van der Waals surface area (Å²) in [5.41, 5.74) is 2.59. The summed E-state index contributed by atoms with van der Waals surface area (Å²) in [7, 11) is 3.20. The van der Waals surface area contributed by atoms with E-state index in [4.69, 9.17) is 4.74 Å². The van der Waals surface area contributed by atoms with Gasteiger partial charge in [-0.15, -0.1) is 0 Å². The molecule has 0 aromatic carbocycles. The SMILES string of the molecule is COc1cc(CNC(=O)C2CCc3nn(C)c(=O)cc3C2)ccn1. The number of aryl methyl sites for hydroxylation is 2. The Kier molecular flexibility index (Phi) is 4.59. The van der Waals surface area contributed by atoms with Crippen LogP contribution in [0.5, 0.6) is 5.88 Å². The fraction of sp³-hybridized carbons (Fsp3) is 0.412. The monoisotopic (exact) mass is 328 g/mol. The summed E-state index contributed by atoms with van der Waals surface area (Å²) < 4.78 is 6.42. The van der Waals surface area contributed by atoms with E-state index < -0.39 is 0 Å². The molecule has 1 atom stereocenters. The minimum Gasteiger partial charge on any atom is -0.481 e. The van der Waals surface area contributed by atoms with Gasteiger partial charge in [-0.2, -0.15) is 5.10 Å². The van der Waals surface area contributed by atoms with Crippen LogP contribution in [0.15, 0.2) is 29.2 Å². The van der Waals surface area contributed by atoms with Crippen molar-refractivity contribution in [2.75, 3.05) is 7.11 Å². The molecule has 7 nitrogen and oxygen atoms in total. The molecule has 1 amide bonds. The zero-order valence-electron chi connectivity index (χ0n) is 13.8. The number of hydrogen-bond donors (Lipinski definition) is 1. The number of ether oxygens (including phenoxy) is 1. The average molecular weight is 328 g/mol. The van der Waals surface area contributed by atoms with Crippen LogP contribution in [0.1, 0.15) is 23.2 Å². The minimum atomic E-state index is -0.140. The van der Waals surface area contributed by atoms with E-state index in [9.17, 15) is 9.59 Å². The highest BCUT2D eigenvalue weighted by Gasteiger charge is 2.26. The molecule has 0 saturated carbocycles. The maximum Gasteiger partial charge on any atom is 0.266 e. The third-order valence-electron chi connectivity index (χ3n) is 4.30. The fourth-order valence-corrected chi connectivity index (χ4v) is 2.92. The molecule has 1 aliphatic carbocycles. The highest BCUT2D eigenvalue weighted by molar-refractivity contribution is 5.79. The Morgan fingerprint density at radius 2 is 2.29 bits per heavy atom. The molecule has 1 N–H and O–H groups in total. The summed E-state index contributed by atoms with van der Waals surface area (Å²) in [6.45, 7) is 0.426. The third-order valence-corrected chi connectivity index (χ3v) is 4.30. The van der Waals surface area contributed by atoms with Crippen molar-refractivity contribution < 1.29 is 9.53 Å². The zero-order chi connectivity index (χ0) is 17.1. The molecule has 0 radical (unpaired) electrons. The van der Waals surface area contributed by atoms with E-state index in [0.29, 0.717) is 25.3 Å². The number of carbonyl (C=O) groups is 1. The summed E-state index contributed by atoms with van der Waals surface area (Å²) in [6.07, 6.45) is 3.66. The maximum atomic E-state index is 12.4. The first-order chi connectivity index (χ1) is 11.6. The van der Waals surface area contributed by atoms with Crippen LogP contribution in [0.25, 0.3) is 0 Å². The van der Waals surface area contributed by atoms with E-state index in [2.05, 4.69) is 15.4 Å². The van der Waals surface area contributed by atoms with Gasteiger partial charge in [-0.3, -0.25) is 9.59 Å². The number of amides is 1. The van der Waals surface area contributed by atoms with Crippen LogP contribution in [-0.2, 0) is 31.2 Å². The molecule has 0 aliphatic heterocycles. The second-order valence-electron chi connectivity index (χ2n) is 5.94. The van der Waals surface area contributed by atoms with Crippen LogP contribution in [0.3, 0.4) is 0 Å². The van der Waals surface area contributed by atoms with E-state index in [1.54, 1.807) is 32.5 Å². The summed E-state index contributed by atoms with van der Waals surface area (Å²) in [5.74, 6) is 0.391. The number of fused-ring (bicyclic) bond motifs is 1. The highest BCUT2D eigenvalue weighted by atomic mass is 16.5. The van der Waals surface area contributed by atoms with Gasteiger partial charge in [-0.25, -0.2) is 9.67 Å². The minimum absolute atomic E-state index is 0.00268. The largest absolute Gasteiger partial charge is 0.481 e. The lowest BCUT2D eigenvalue weighted by Crippen LogP contribution is -2.35. The molecular formula is C17H20N4O3. The molecular weight excluding hydrogens is 308 g/mol. The van der Waals surface area contributed by atoms with Crippen molar-refractivity contribution in [2.24, 2.45) is 13.0 Å². The van der Waals surface area contributed by atoms with Crippen molar-refractivity contribution in [3.8, 4) is 5.88 Å². The molecule has 3 rings (SSSR count). The molecule has 2 aromatic heterocycles. The smallest absolute Gasteiger partial charge is 0.266 e. The Balaban J connectivity index is 1.63. The number of nitrogens with zero attached hydrogens (tertiary/aromatic N) is 3. The number of nitrogens with one attached hydrogen (secondary N) is 1. The van der Waals surface area contributed by atoms with Gasteiger partial charge in [0.1, 0.15) is 0 Å². The van der Waals surface area contributed by atoms with E-state index in [-0.39, 0.29) is 17.4 Å². The van der Waals surface area contributed by atoms with Gasteiger partial charge >= 0.3 is 0 Å². The maximum absolute atomic E-state index is 12.4. The van der Waals surface area contributed by atoms with Crippen LogP contribution in [0.2, 0.25) is 0 Å². The standard InChI is InChI=1S/C17H20N4O3/c1-21-16(22)9-13-8-12(3-4-14(13)20-21)17(23)19-10-11-5-6-18-15(7-11)24-2/h5-7,9,12H,3-4,8,10H2,1-2H3,(H,19,23). The van der Waals surface area contributed by atoms with Crippen molar-refractivity contribution in [3.63, 3.8) is 0 Å². The molecule has 7 heteroatoms. The molecule has 1 unspecified atom stereocenters. The van der Waals surface area contributed by atoms with E-state index >= 15 is 0 Å². The van der Waals surface area contributed by atoms with Gasteiger partial charge in [0.2, 0.25) is 11.8 Å². The number of rotatable bonds is 4. The molecule has 126 valence electrons. The molecule has 0 fully saturated rings. The lowest BCUT2D eigenvalue weighted by atomic mass is 9.86. The molecule has 0 spiro atoms. The Morgan fingerprint density at radius 1 is 1.46 bits per heavy atom.